The number of piperidine rings is 1. The lowest BCUT2D eigenvalue weighted by Gasteiger charge is -2.35. The van der Waals surface area contributed by atoms with Gasteiger partial charge in [-0.2, -0.15) is 4.98 Å². The SMILES string of the molecule is CCc1cc(Nc2ncc(Br)c(Nc3ccc4nc(C5CC5)ccc4c3P(C)(C)=O)n2)c(OC)cc1N1CCC(NCCN)CC1. The molecule has 2 aliphatic rings. The van der Waals surface area contributed by atoms with Crippen molar-refractivity contribution in [2.75, 3.05) is 62.2 Å². The first kappa shape index (κ1) is 32.7. The van der Waals surface area contributed by atoms with Gasteiger partial charge in [-0.05, 0) is 91.2 Å². The molecular weight excluding hydrogens is 663 g/mol. The standard InChI is InChI=1S/C34H44BrN8O2P/c1-5-21-18-29(31(45-2)19-30(21)43-16-12-23(13-17-43)37-15-14-36)41-34-38-20-25(35)33(42-34)40-28-11-10-27-24(32(28)46(3,4)44)8-9-26(39-27)22-6-7-22/h8-11,18-20,22-23,37H,5-7,12-17,36H2,1-4H3,(H2,38,40,41,42). The fourth-order valence-electron chi connectivity index (χ4n) is 6.32. The molecule has 4 aromatic rings. The Morgan fingerprint density at radius 2 is 1.83 bits per heavy atom. The van der Waals surface area contributed by atoms with Crippen LogP contribution in [0.1, 0.15) is 49.8 Å². The number of anilines is 5. The summed E-state index contributed by atoms with van der Waals surface area (Å²) in [4.78, 5) is 16.7. The number of methoxy groups -OCH3 is 1. The summed E-state index contributed by atoms with van der Waals surface area (Å²) < 4.78 is 20.2. The molecule has 0 unspecified atom stereocenters. The van der Waals surface area contributed by atoms with Gasteiger partial charge in [-0.3, -0.25) is 4.98 Å². The van der Waals surface area contributed by atoms with Crippen LogP contribution in [-0.4, -0.2) is 67.6 Å². The molecule has 46 heavy (non-hydrogen) atoms. The number of halogens is 1. The van der Waals surface area contributed by atoms with Gasteiger partial charge in [0.05, 0.1) is 28.5 Å². The highest BCUT2D eigenvalue weighted by atomic mass is 79.9. The molecule has 0 radical (unpaired) electrons. The van der Waals surface area contributed by atoms with Crippen LogP contribution in [0, 0.1) is 0 Å². The maximum Gasteiger partial charge on any atom is 0.229 e. The number of fused-ring (bicyclic) bond motifs is 1. The van der Waals surface area contributed by atoms with E-state index in [1.807, 2.05) is 12.1 Å². The third-order valence-corrected chi connectivity index (χ3v) is 11.0. The van der Waals surface area contributed by atoms with E-state index in [1.54, 1.807) is 26.6 Å². The monoisotopic (exact) mass is 706 g/mol. The Kier molecular flexibility index (Phi) is 9.85. The lowest BCUT2D eigenvalue weighted by molar-refractivity contribution is 0.412. The molecule has 1 aliphatic carbocycles. The summed E-state index contributed by atoms with van der Waals surface area (Å²) in [7, 11) is -1.01. The molecule has 5 N–H and O–H groups in total. The minimum Gasteiger partial charge on any atom is -0.494 e. The number of hydrogen-bond acceptors (Lipinski definition) is 10. The molecule has 0 spiro atoms. The number of nitrogens with zero attached hydrogens (tertiary/aromatic N) is 4. The van der Waals surface area contributed by atoms with E-state index in [2.05, 4.69) is 73.0 Å². The summed E-state index contributed by atoms with van der Waals surface area (Å²) in [6.45, 7) is 9.24. The molecule has 2 aromatic carbocycles. The smallest absolute Gasteiger partial charge is 0.229 e. The fraction of sp³-hybridized carbons (Fsp3) is 0.441. The van der Waals surface area contributed by atoms with Gasteiger partial charge in [0, 0.05) is 72.5 Å². The van der Waals surface area contributed by atoms with Gasteiger partial charge in [0.25, 0.3) is 0 Å². The number of hydrogen-bond donors (Lipinski definition) is 4. The van der Waals surface area contributed by atoms with E-state index in [0.29, 0.717) is 34.7 Å². The molecule has 0 amide bonds. The Hall–Kier alpha value is -3.24. The second kappa shape index (κ2) is 13.9. The molecule has 10 nitrogen and oxygen atoms in total. The molecule has 6 rings (SSSR count). The summed E-state index contributed by atoms with van der Waals surface area (Å²) in [5.41, 5.74) is 11.6. The minimum absolute atomic E-state index is 0.417. The molecule has 0 bridgehead atoms. The summed E-state index contributed by atoms with van der Waals surface area (Å²) in [6, 6.07) is 12.9. The Balaban J connectivity index is 1.26. The van der Waals surface area contributed by atoms with Crippen molar-refractivity contribution in [3.8, 4) is 5.75 Å². The van der Waals surface area contributed by atoms with Gasteiger partial charge < -0.3 is 35.9 Å². The molecule has 1 saturated carbocycles. The second-order valence-corrected chi connectivity index (χ2v) is 16.6. The van der Waals surface area contributed by atoms with Gasteiger partial charge in [0.2, 0.25) is 5.95 Å². The number of nitrogens with one attached hydrogen (secondary N) is 3. The Morgan fingerprint density at radius 1 is 1.04 bits per heavy atom. The van der Waals surface area contributed by atoms with Crippen LogP contribution in [0.4, 0.5) is 28.8 Å². The first-order valence-corrected chi connectivity index (χ1v) is 19.5. The first-order valence-electron chi connectivity index (χ1n) is 16.1. The van der Waals surface area contributed by atoms with Crippen LogP contribution in [-0.2, 0) is 11.0 Å². The van der Waals surface area contributed by atoms with Gasteiger partial charge in [0.15, 0.2) is 0 Å². The number of aryl methyl sites for hydroxylation is 1. The normalized spacial score (nSPS) is 15.7. The fourth-order valence-corrected chi connectivity index (χ4v) is 8.09. The summed E-state index contributed by atoms with van der Waals surface area (Å²) in [5.74, 6) is 2.25. The highest BCUT2D eigenvalue weighted by Crippen LogP contribution is 2.44. The maximum absolute atomic E-state index is 13.6. The predicted molar refractivity (Wildman–Crippen MR) is 194 cm³/mol. The topological polar surface area (TPSA) is 130 Å². The van der Waals surface area contributed by atoms with Gasteiger partial charge in [0.1, 0.15) is 18.7 Å². The Labute approximate surface area is 279 Å². The van der Waals surface area contributed by atoms with E-state index in [9.17, 15) is 4.57 Å². The lowest BCUT2D eigenvalue weighted by Crippen LogP contribution is -2.44. The van der Waals surface area contributed by atoms with Crippen molar-refractivity contribution in [1.29, 1.82) is 0 Å². The average molecular weight is 708 g/mol. The largest absolute Gasteiger partial charge is 0.494 e. The van der Waals surface area contributed by atoms with E-state index in [0.717, 1.165) is 77.9 Å². The van der Waals surface area contributed by atoms with Gasteiger partial charge in [-0.15, -0.1) is 0 Å². The number of pyridine rings is 1. The van der Waals surface area contributed by atoms with Crippen molar-refractivity contribution in [3.63, 3.8) is 0 Å². The molecule has 12 heteroatoms. The number of benzene rings is 2. The van der Waals surface area contributed by atoms with Crippen molar-refractivity contribution in [2.24, 2.45) is 5.73 Å². The van der Waals surface area contributed by atoms with Crippen molar-refractivity contribution >= 4 is 68.1 Å². The van der Waals surface area contributed by atoms with Gasteiger partial charge >= 0.3 is 0 Å². The molecular formula is C34H44BrN8O2P. The van der Waals surface area contributed by atoms with Crippen LogP contribution in [0.5, 0.6) is 5.75 Å². The quantitative estimate of drug-likeness (QED) is 0.121. The molecule has 1 aliphatic heterocycles. The van der Waals surface area contributed by atoms with Crippen molar-refractivity contribution in [2.45, 2.75) is 51.0 Å². The molecule has 1 saturated heterocycles. The highest BCUT2D eigenvalue weighted by Gasteiger charge is 2.27. The molecule has 244 valence electrons. The number of ether oxygens (including phenoxy) is 1. The van der Waals surface area contributed by atoms with Crippen molar-refractivity contribution in [3.05, 3.63) is 58.3 Å². The average Bonchev–Trinajstić information content (AvgIpc) is 3.90. The van der Waals surface area contributed by atoms with Crippen LogP contribution in [0.2, 0.25) is 0 Å². The third kappa shape index (κ3) is 7.18. The van der Waals surface area contributed by atoms with Crippen LogP contribution >= 0.6 is 23.1 Å². The van der Waals surface area contributed by atoms with Crippen LogP contribution in [0.15, 0.2) is 47.1 Å². The van der Waals surface area contributed by atoms with Crippen LogP contribution < -0.4 is 36.6 Å². The van der Waals surface area contributed by atoms with Gasteiger partial charge in [-0.1, -0.05) is 13.0 Å². The molecule has 2 fully saturated rings. The molecule has 0 atom stereocenters. The predicted octanol–water partition coefficient (Wildman–Crippen LogP) is 6.49. The maximum atomic E-state index is 13.6. The first-order chi connectivity index (χ1) is 22.2. The molecule has 2 aromatic heterocycles. The van der Waals surface area contributed by atoms with Crippen molar-refractivity contribution in [1.82, 2.24) is 20.3 Å². The zero-order chi connectivity index (χ0) is 32.4. The van der Waals surface area contributed by atoms with E-state index < -0.39 is 7.14 Å². The summed E-state index contributed by atoms with van der Waals surface area (Å²) in [5, 5.41) is 12.1. The number of rotatable bonds is 12. The number of nitrogens with two attached hydrogens (primary N) is 1. The summed E-state index contributed by atoms with van der Waals surface area (Å²) in [6.07, 6.45) is 7.12. The highest BCUT2D eigenvalue weighted by molar-refractivity contribution is 9.10. The zero-order valence-electron chi connectivity index (χ0n) is 27.1. The third-order valence-electron chi connectivity index (χ3n) is 8.84. The van der Waals surface area contributed by atoms with Crippen LogP contribution in [0.3, 0.4) is 0 Å². The Bertz CT molecular complexity index is 1770. The number of aromatic nitrogens is 3. The van der Waals surface area contributed by atoms with Crippen molar-refractivity contribution < 1.29 is 9.30 Å². The van der Waals surface area contributed by atoms with Gasteiger partial charge in [-0.25, -0.2) is 4.98 Å². The zero-order valence-corrected chi connectivity index (χ0v) is 29.5. The summed E-state index contributed by atoms with van der Waals surface area (Å²) >= 11 is 3.62. The van der Waals surface area contributed by atoms with E-state index in [4.69, 9.17) is 20.4 Å². The Morgan fingerprint density at radius 3 is 2.50 bits per heavy atom. The van der Waals surface area contributed by atoms with E-state index in [1.165, 1.54) is 24.1 Å². The second-order valence-electron chi connectivity index (χ2n) is 12.6. The minimum atomic E-state index is -2.69. The molecule has 3 heterocycles. The van der Waals surface area contributed by atoms with E-state index in [-0.39, 0.29) is 0 Å². The lowest BCUT2D eigenvalue weighted by atomic mass is 10.0. The van der Waals surface area contributed by atoms with E-state index >= 15 is 0 Å². The van der Waals surface area contributed by atoms with Crippen LogP contribution in [0.25, 0.3) is 10.9 Å².